The zero-order chi connectivity index (χ0) is 19.2. The molecule has 0 amide bonds. The number of halogens is 1. The van der Waals surface area contributed by atoms with E-state index in [-0.39, 0.29) is 23.8 Å². The molecule has 0 saturated heterocycles. The Labute approximate surface area is 168 Å². The molecule has 0 aliphatic carbocycles. The fourth-order valence-corrected chi connectivity index (χ4v) is 3.64. The number of ether oxygens (including phenoxy) is 1. The van der Waals surface area contributed by atoms with Crippen LogP contribution in [0.1, 0.15) is 42.5 Å². The fraction of sp³-hybridized carbons (Fsp3) is 0.400. The number of rotatable bonds is 9. The van der Waals surface area contributed by atoms with Gasteiger partial charge in [0.15, 0.2) is 0 Å². The lowest BCUT2D eigenvalue weighted by atomic mass is 9.99. The molecule has 7 heteroatoms. The van der Waals surface area contributed by atoms with Gasteiger partial charge in [-0.2, -0.15) is 0 Å². The van der Waals surface area contributed by atoms with E-state index in [1.807, 2.05) is 24.3 Å². The second kappa shape index (κ2) is 10.8. The highest BCUT2D eigenvalue weighted by molar-refractivity contribution is 7.89. The quantitative estimate of drug-likeness (QED) is 0.661. The Kier molecular flexibility index (Phi) is 9.42. The van der Waals surface area contributed by atoms with Crippen LogP contribution < -0.4 is 10.5 Å². The molecule has 0 heterocycles. The highest BCUT2D eigenvalue weighted by Gasteiger charge is 2.16. The van der Waals surface area contributed by atoms with Crippen LogP contribution in [0.25, 0.3) is 0 Å². The van der Waals surface area contributed by atoms with Crippen molar-refractivity contribution >= 4 is 22.4 Å². The van der Waals surface area contributed by atoms with Gasteiger partial charge in [-0.05, 0) is 41.2 Å². The summed E-state index contributed by atoms with van der Waals surface area (Å²) in [6, 6.07) is 14.4. The summed E-state index contributed by atoms with van der Waals surface area (Å²) >= 11 is 0. The van der Waals surface area contributed by atoms with Crippen LogP contribution in [-0.2, 0) is 21.2 Å². The number of sulfonamides is 1. The van der Waals surface area contributed by atoms with Crippen molar-refractivity contribution in [2.45, 2.75) is 37.1 Å². The van der Waals surface area contributed by atoms with Gasteiger partial charge in [0.25, 0.3) is 0 Å². The van der Waals surface area contributed by atoms with E-state index < -0.39 is 16.1 Å². The SMILES string of the molecule is COCCc1ccc(S(=O)(=O)NCC(N)c2ccc(C(C)C)cc2)cc1.Cl. The van der Waals surface area contributed by atoms with Gasteiger partial charge in [0.1, 0.15) is 0 Å². The van der Waals surface area contributed by atoms with E-state index in [0.717, 1.165) is 17.5 Å². The van der Waals surface area contributed by atoms with Crippen LogP contribution in [0, 0.1) is 0 Å². The first-order chi connectivity index (χ1) is 12.3. The van der Waals surface area contributed by atoms with Gasteiger partial charge in [0.2, 0.25) is 10.0 Å². The van der Waals surface area contributed by atoms with Crippen LogP contribution in [0.5, 0.6) is 0 Å². The standard InChI is InChI=1S/C20H28N2O3S.ClH/c1-15(2)17-6-8-18(9-7-17)20(21)14-22-26(23,24)19-10-4-16(5-11-19)12-13-25-3;/h4-11,15,20,22H,12-14,21H2,1-3H3;1H. The van der Waals surface area contributed by atoms with Crippen molar-refractivity contribution in [2.75, 3.05) is 20.3 Å². The van der Waals surface area contributed by atoms with Gasteiger partial charge < -0.3 is 10.5 Å². The van der Waals surface area contributed by atoms with E-state index in [1.54, 1.807) is 31.4 Å². The Morgan fingerprint density at radius 2 is 1.56 bits per heavy atom. The first kappa shape index (κ1) is 23.6. The van der Waals surface area contributed by atoms with Crippen molar-refractivity contribution in [3.8, 4) is 0 Å². The lowest BCUT2D eigenvalue weighted by molar-refractivity contribution is 0.202. The van der Waals surface area contributed by atoms with Crippen molar-refractivity contribution in [3.05, 3.63) is 65.2 Å². The Morgan fingerprint density at radius 3 is 2.07 bits per heavy atom. The summed E-state index contributed by atoms with van der Waals surface area (Å²) in [4.78, 5) is 0.237. The van der Waals surface area contributed by atoms with Crippen molar-refractivity contribution in [1.82, 2.24) is 4.72 Å². The summed E-state index contributed by atoms with van der Waals surface area (Å²) in [5.74, 6) is 0.450. The Hall–Kier alpha value is -1.44. The van der Waals surface area contributed by atoms with Gasteiger partial charge in [0.05, 0.1) is 11.5 Å². The lowest BCUT2D eigenvalue weighted by Crippen LogP contribution is -2.32. The highest BCUT2D eigenvalue weighted by atomic mass is 35.5. The number of benzene rings is 2. The fourth-order valence-electron chi connectivity index (χ4n) is 2.58. The van der Waals surface area contributed by atoms with Crippen LogP contribution in [0.4, 0.5) is 0 Å². The van der Waals surface area contributed by atoms with Gasteiger partial charge in [-0.15, -0.1) is 12.4 Å². The third-order valence-electron chi connectivity index (χ3n) is 4.35. The van der Waals surface area contributed by atoms with Gasteiger partial charge in [-0.25, -0.2) is 13.1 Å². The van der Waals surface area contributed by atoms with E-state index in [1.165, 1.54) is 5.56 Å². The number of hydrogen-bond donors (Lipinski definition) is 2. The van der Waals surface area contributed by atoms with Gasteiger partial charge in [0, 0.05) is 19.7 Å². The minimum absolute atomic E-state index is 0. The van der Waals surface area contributed by atoms with Crippen molar-refractivity contribution in [1.29, 1.82) is 0 Å². The first-order valence-electron chi connectivity index (χ1n) is 8.76. The molecule has 1 atom stereocenters. The molecule has 0 radical (unpaired) electrons. The molecule has 2 aromatic carbocycles. The number of hydrogen-bond acceptors (Lipinski definition) is 4. The maximum absolute atomic E-state index is 12.4. The zero-order valence-electron chi connectivity index (χ0n) is 16.0. The molecule has 0 saturated carbocycles. The summed E-state index contributed by atoms with van der Waals surface area (Å²) in [7, 11) is -1.94. The zero-order valence-corrected chi connectivity index (χ0v) is 17.6. The molecular formula is C20H29ClN2O3S. The molecule has 3 N–H and O–H groups in total. The second-order valence-electron chi connectivity index (χ2n) is 6.67. The Bertz CT molecular complexity index is 791. The molecule has 2 rings (SSSR count). The van der Waals surface area contributed by atoms with Crippen LogP contribution >= 0.6 is 12.4 Å². The maximum Gasteiger partial charge on any atom is 0.240 e. The average molecular weight is 413 g/mol. The molecule has 0 aliphatic heterocycles. The molecule has 150 valence electrons. The summed E-state index contributed by atoms with van der Waals surface area (Å²) < 4.78 is 32.5. The van der Waals surface area contributed by atoms with E-state index in [0.29, 0.717) is 12.5 Å². The predicted molar refractivity (Wildman–Crippen MR) is 112 cm³/mol. The van der Waals surface area contributed by atoms with Gasteiger partial charge in [-0.3, -0.25) is 0 Å². The monoisotopic (exact) mass is 412 g/mol. The first-order valence-corrected chi connectivity index (χ1v) is 10.2. The van der Waals surface area contributed by atoms with Crippen LogP contribution in [0.3, 0.4) is 0 Å². The molecule has 1 unspecified atom stereocenters. The van der Waals surface area contributed by atoms with Crippen molar-refractivity contribution in [2.24, 2.45) is 5.73 Å². The third kappa shape index (κ3) is 6.90. The molecule has 2 aromatic rings. The molecule has 0 fully saturated rings. The normalized spacial score (nSPS) is 12.6. The minimum Gasteiger partial charge on any atom is -0.384 e. The molecule has 27 heavy (non-hydrogen) atoms. The van der Waals surface area contributed by atoms with E-state index >= 15 is 0 Å². The average Bonchev–Trinajstić information content (AvgIpc) is 2.65. The molecule has 0 spiro atoms. The summed E-state index contributed by atoms with van der Waals surface area (Å²) in [5, 5.41) is 0. The number of nitrogens with two attached hydrogens (primary N) is 1. The van der Waals surface area contributed by atoms with Crippen molar-refractivity contribution in [3.63, 3.8) is 0 Å². The Morgan fingerprint density at radius 1 is 1.00 bits per heavy atom. The van der Waals surface area contributed by atoms with E-state index in [9.17, 15) is 8.42 Å². The van der Waals surface area contributed by atoms with E-state index in [2.05, 4.69) is 18.6 Å². The Balaban J connectivity index is 0.00000364. The minimum atomic E-state index is -3.58. The maximum atomic E-state index is 12.4. The molecular weight excluding hydrogens is 384 g/mol. The van der Waals surface area contributed by atoms with Crippen molar-refractivity contribution < 1.29 is 13.2 Å². The van der Waals surface area contributed by atoms with Gasteiger partial charge >= 0.3 is 0 Å². The smallest absolute Gasteiger partial charge is 0.240 e. The molecule has 0 aromatic heterocycles. The highest BCUT2D eigenvalue weighted by Crippen LogP contribution is 2.18. The topological polar surface area (TPSA) is 81.4 Å². The summed E-state index contributed by atoms with van der Waals surface area (Å²) in [6.45, 7) is 5.01. The number of nitrogens with one attached hydrogen (secondary N) is 1. The molecule has 5 nitrogen and oxygen atoms in total. The van der Waals surface area contributed by atoms with Gasteiger partial charge in [-0.1, -0.05) is 50.2 Å². The number of methoxy groups -OCH3 is 1. The van der Waals surface area contributed by atoms with E-state index in [4.69, 9.17) is 10.5 Å². The second-order valence-corrected chi connectivity index (χ2v) is 8.43. The summed E-state index contributed by atoms with van der Waals surface area (Å²) in [5.41, 5.74) is 9.32. The molecule has 0 bridgehead atoms. The molecule has 0 aliphatic rings. The lowest BCUT2D eigenvalue weighted by Gasteiger charge is -2.15. The van der Waals surface area contributed by atoms with Crippen LogP contribution in [-0.4, -0.2) is 28.7 Å². The summed E-state index contributed by atoms with van der Waals surface area (Å²) in [6.07, 6.45) is 0.751. The predicted octanol–water partition coefficient (Wildman–Crippen LogP) is 3.40. The van der Waals surface area contributed by atoms with Crippen LogP contribution in [0.15, 0.2) is 53.4 Å². The third-order valence-corrected chi connectivity index (χ3v) is 5.79. The van der Waals surface area contributed by atoms with Crippen LogP contribution in [0.2, 0.25) is 0 Å². The largest absolute Gasteiger partial charge is 0.384 e.